The summed E-state index contributed by atoms with van der Waals surface area (Å²) in [5, 5.41) is 26.1. The average molecular weight is 549 g/mol. The maximum Gasteiger partial charge on any atom is 0.277 e. The minimum absolute atomic E-state index is 0.0369. The average Bonchev–Trinajstić information content (AvgIpc) is 3.01. The van der Waals surface area contributed by atoms with E-state index in [4.69, 9.17) is 0 Å². The third-order valence-corrected chi connectivity index (χ3v) is 8.30. The number of fused-ring (bicyclic) bond motifs is 4. The van der Waals surface area contributed by atoms with Crippen LogP contribution in [-0.4, -0.2) is 21.4 Å². The number of hydrogen-bond donors (Lipinski definition) is 0. The molecule has 0 aromatic heterocycles. The second-order valence-electron chi connectivity index (χ2n) is 10.5. The van der Waals surface area contributed by atoms with E-state index in [-0.39, 0.29) is 28.3 Å². The molecule has 0 heterocycles. The van der Waals surface area contributed by atoms with Crippen molar-refractivity contribution in [1.82, 2.24) is 0 Å². The van der Waals surface area contributed by atoms with Crippen LogP contribution in [0.25, 0.3) is 54.9 Å². The lowest BCUT2D eigenvalue weighted by Crippen LogP contribution is -2.11. The van der Waals surface area contributed by atoms with Gasteiger partial charge in [0.1, 0.15) is 0 Å². The predicted molar refractivity (Wildman–Crippen MR) is 158 cm³/mol. The van der Waals surface area contributed by atoms with E-state index in [0.29, 0.717) is 38.6 Å². The number of rotatable bonds is 3. The summed E-state index contributed by atoms with van der Waals surface area (Å²) < 4.78 is 0. The summed E-state index contributed by atoms with van der Waals surface area (Å²) in [4.78, 5) is 49.4. The Hall–Kier alpha value is -6.02. The first-order valence-corrected chi connectivity index (χ1v) is 13.1. The van der Waals surface area contributed by atoms with E-state index < -0.39 is 15.6 Å². The SMILES string of the molecule is O=C1c2ccccc2-c2cc(-c3cc4c5c(ccc([N+](=O)[O-])c5c3)C(=O)c3cc([N+](=O)[O-])ccc3-4)cc3cccc1c23. The molecule has 6 aromatic rings. The highest BCUT2D eigenvalue weighted by Crippen LogP contribution is 2.47. The van der Waals surface area contributed by atoms with Crippen molar-refractivity contribution in [3.63, 3.8) is 0 Å². The molecule has 6 aromatic carbocycles. The van der Waals surface area contributed by atoms with Crippen LogP contribution in [0.2, 0.25) is 0 Å². The second-order valence-corrected chi connectivity index (χ2v) is 10.5. The Morgan fingerprint density at radius 3 is 1.86 bits per heavy atom. The van der Waals surface area contributed by atoms with Gasteiger partial charge in [-0.05, 0) is 75.2 Å². The van der Waals surface area contributed by atoms with E-state index in [1.807, 2.05) is 60.7 Å². The molecule has 0 atom stereocenters. The summed E-state index contributed by atoms with van der Waals surface area (Å²) in [5.41, 5.74) is 5.52. The molecule has 0 amide bonds. The van der Waals surface area contributed by atoms with E-state index >= 15 is 0 Å². The van der Waals surface area contributed by atoms with Gasteiger partial charge >= 0.3 is 0 Å². The summed E-state index contributed by atoms with van der Waals surface area (Å²) in [6.07, 6.45) is 0. The fourth-order valence-corrected chi connectivity index (χ4v) is 6.47. The maximum absolute atomic E-state index is 13.5. The number of nitro groups is 2. The Bertz CT molecular complexity index is 2300. The fourth-order valence-electron chi connectivity index (χ4n) is 6.47. The standard InChI is InChI=1S/C34H16N2O6/c37-33-23-6-2-1-5-21(23)26-13-18(12-17-4-3-7-24(33)31(17)26)19-14-27-22-9-8-20(35(39)40)16-28(22)34(38)25-10-11-30(36(41)42)29(15-19)32(25)27/h1-16H. The molecule has 8 nitrogen and oxygen atoms in total. The third kappa shape index (κ3) is 3.11. The zero-order chi connectivity index (χ0) is 28.9. The number of benzene rings is 6. The molecule has 0 saturated carbocycles. The van der Waals surface area contributed by atoms with E-state index in [9.17, 15) is 29.8 Å². The van der Waals surface area contributed by atoms with Crippen molar-refractivity contribution in [3.8, 4) is 33.4 Å². The first-order valence-electron chi connectivity index (χ1n) is 13.1. The molecule has 8 rings (SSSR count). The molecule has 0 fully saturated rings. The van der Waals surface area contributed by atoms with Gasteiger partial charge in [0, 0.05) is 51.2 Å². The molecule has 0 radical (unpaired) electrons. The van der Waals surface area contributed by atoms with Gasteiger partial charge in [-0.15, -0.1) is 0 Å². The Kier molecular flexibility index (Phi) is 4.68. The zero-order valence-electron chi connectivity index (χ0n) is 21.6. The molecule has 42 heavy (non-hydrogen) atoms. The van der Waals surface area contributed by atoms with Crippen LogP contribution >= 0.6 is 0 Å². The van der Waals surface area contributed by atoms with Gasteiger partial charge in [-0.3, -0.25) is 29.8 Å². The van der Waals surface area contributed by atoms with Crippen molar-refractivity contribution in [2.45, 2.75) is 0 Å². The van der Waals surface area contributed by atoms with Crippen LogP contribution in [-0.2, 0) is 0 Å². The highest BCUT2D eigenvalue weighted by atomic mass is 16.6. The van der Waals surface area contributed by atoms with Gasteiger partial charge in [0.05, 0.1) is 15.2 Å². The summed E-state index contributed by atoms with van der Waals surface area (Å²) in [5.74, 6) is -0.456. The maximum atomic E-state index is 13.5. The van der Waals surface area contributed by atoms with E-state index in [1.54, 1.807) is 6.07 Å². The van der Waals surface area contributed by atoms with Crippen molar-refractivity contribution in [1.29, 1.82) is 0 Å². The molecule has 2 aliphatic carbocycles. The van der Waals surface area contributed by atoms with Gasteiger partial charge in [-0.1, -0.05) is 42.5 Å². The molecular weight excluding hydrogens is 532 g/mol. The number of non-ortho nitro benzene ring substituents is 2. The number of nitrogens with zero attached hydrogens (tertiary/aromatic N) is 2. The van der Waals surface area contributed by atoms with Crippen molar-refractivity contribution in [2.75, 3.05) is 0 Å². The normalized spacial score (nSPS) is 12.8. The molecule has 0 N–H and O–H groups in total. The van der Waals surface area contributed by atoms with Gasteiger partial charge < -0.3 is 0 Å². The fraction of sp³-hybridized carbons (Fsp3) is 0. The highest BCUT2D eigenvalue weighted by molar-refractivity contribution is 6.28. The largest absolute Gasteiger partial charge is 0.289 e. The van der Waals surface area contributed by atoms with Gasteiger partial charge in [0.25, 0.3) is 11.4 Å². The van der Waals surface area contributed by atoms with Gasteiger partial charge in [0.2, 0.25) is 0 Å². The monoisotopic (exact) mass is 548 g/mol. The Morgan fingerprint density at radius 2 is 1.10 bits per heavy atom. The minimum atomic E-state index is -0.553. The molecular formula is C34H16N2O6. The topological polar surface area (TPSA) is 120 Å². The highest BCUT2D eigenvalue weighted by Gasteiger charge is 2.31. The molecule has 8 heteroatoms. The molecule has 0 bridgehead atoms. The third-order valence-electron chi connectivity index (χ3n) is 8.30. The number of nitro benzene ring substituents is 2. The summed E-state index contributed by atoms with van der Waals surface area (Å²) in [7, 11) is 0. The van der Waals surface area contributed by atoms with Crippen molar-refractivity contribution in [3.05, 3.63) is 140 Å². The molecule has 0 aliphatic heterocycles. The smallest absolute Gasteiger partial charge is 0.277 e. The Balaban J connectivity index is 1.47. The Morgan fingerprint density at radius 1 is 0.476 bits per heavy atom. The predicted octanol–water partition coefficient (Wildman–Crippen LogP) is 7.90. The van der Waals surface area contributed by atoms with Crippen LogP contribution in [0.1, 0.15) is 31.8 Å². The quantitative estimate of drug-likeness (QED) is 0.163. The Labute approximate surface area is 236 Å². The van der Waals surface area contributed by atoms with Crippen LogP contribution in [0.15, 0.2) is 97.1 Å². The number of carbonyl (C=O) groups excluding carboxylic acids is 2. The lowest BCUT2D eigenvalue weighted by atomic mass is 9.79. The van der Waals surface area contributed by atoms with E-state index in [0.717, 1.165) is 27.5 Å². The van der Waals surface area contributed by atoms with Gasteiger partial charge in [0.15, 0.2) is 11.6 Å². The molecule has 2 aliphatic rings. The number of carbonyl (C=O) groups is 2. The van der Waals surface area contributed by atoms with Gasteiger partial charge in [-0.25, -0.2) is 0 Å². The zero-order valence-corrected chi connectivity index (χ0v) is 21.6. The number of ketones is 2. The number of hydrogen-bond acceptors (Lipinski definition) is 6. The first-order chi connectivity index (χ1) is 20.3. The van der Waals surface area contributed by atoms with Crippen LogP contribution in [0.3, 0.4) is 0 Å². The molecule has 0 spiro atoms. The first kappa shape index (κ1) is 23.8. The van der Waals surface area contributed by atoms with Crippen LogP contribution < -0.4 is 0 Å². The molecule has 198 valence electrons. The minimum Gasteiger partial charge on any atom is -0.289 e. The van der Waals surface area contributed by atoms with Crippen LogP contribution in [0.5, 0.6) is 0 Å². The van der Waals surface area contributed by atoms with Crippen molar-refractivity contribution < 1.29 is 19.4 Å². The lowest BCUT2D eigenvalue weighted by molar-refractivity contribution is -0.384. The van der Waals surface area contributed by atoms with Crippen LogP contribution in [0, 0.1) is 20.2 Å². The molecule has 0 unspecified atom stereocenters. The van der Waals surface area contributed by atoms with Crippen molar-refractivity contribution in [2.24, 2.45) is 0 Å². The van der Waals surface area contributed by atoms with E-state index in [2.05, 4.69) is 0 Å². The lowest BCUT2D eigenvalue weighted by Gasteiger charge is -2.23. The van der Waals surface area contributed by atoms with Crippen molar-refractivity contribution >= 4 is 44.5 Å². The van der Waals surface area contributed by atoms with E-state index in [1.165, 1.54) is 30.3 Å². The second kappa shape index (κ2) is 8.25. The van der Waals surface area contributed by atoms with Gasteiger partial charge in [-0.2, -0.15) is 0 Å². The van der Waals surface area contributed by atoms with Crippen LogP contribution in [0.4, 0.5) is 11.4 Å². The summed E-state index contributed by atoms with van der Waals surface area (Å²) in [6.45, 7) is 0. The summed E-state index contributed by atoms with van der Waals surface area (Å²) >= 11 is 0. The molecule has 0 saturated heterocycles. The summed E-state index contributed by atoms with van der Waals surface area (Å²) in [6, 6.07) is 27.4.